The number of nitrogens with zero attached hydrogens (tertiary/aromatic N) is 1. The highest BCUT2D eigenvalue weighted by atomic mass is 79.9. The van der Waals surface area contributed by atoms with Crippen LogP contribution < -0.4 is 5.32 Å². The standard InChI is InChI=1S/C16H23BrN2O2/c1-12-14(5-4-6-15(12)17)16(21)18-8-2-3-9-19-10-7-13(20)11-19/h4-6,13,20H,2-3,7-11H2,1H3,(H,18,21)/t13-/m1/s1. The van der Waals surface area contributed by atoms with Crippen LogP contribution in [0.1, 0.15) is 35.2 Å². The molecular formula is C16H23BrN2O2. The van der Waals surface area contributed by atoms with Crippen LogP contribution in [0.3, 0.4) is 0 Å². The van der Waals surface area contributed by atoms with Crippen LogP contribution in [0.5, 0.6) is 0 Å². The molecule has 1 amide bonds. The van der Waals surface area contributed by atoms with Crippen molar-refractivity contribution in [2.75, 3.05) is 26.2 Å². The average molecular weight is 355 g/mol. The molecule has 1 aliphatic rings. The number of rotatable bonds is 6. The molecule has 2 N–H and O–H groups in total. The molecule has 4 nitrogen and oxygen atoms in total. The summed E-state index contributed by atoms with van der Waals surface area (Å²) < 4.78 is 0.961. The van der Waals surface area contributed by atoms with Crippen molar-refractivity contribution in [3.8, 4) is 0 Å². The number of nitrogens with one attached hydrogen (secondary N) is 1. The Kier molecular flexibility index (Phi) is 6.21. The maximum atomic E-state index is 12.1. The topological polar surface area (TPSA) is 52.6 Å². The molecule has 2 rings (SSSR count). The average Bonchev–Trinajstić information content (AvgIpc) is 2.87. The van der Waals surface area contributed by atoms with Gasteiger partial charge in [0.25, 0.3) is 5.91 Å². The van der Waals surface area contributed by atoms with Gasteiger partial charge in [0, 0.05) is 29.7 Å². The van der Waals surface area contributed by atoms with Crippen LogP contribution in [0, 0.1) is 6.92 Å². The minimum absolute atomic E-state index is 0.00889. The number of carbonyl (C=O) groups is 1. The normalized spacial score (nSPS) is 18.9. The van der Waals surface area contributed by atoms with E-state index in [1.54, 1.807) is 0 Å². The van der Waals surface area contributed by atoms with Gasteiger partial charge in [-0.2, -0.15) is 0 Å². The van der Waals surface area contributed by atoms with Crippen LogP contribution in [0.2, 0.25) is 0 Å². The highest BCUT2D eigenvalue weighted by Gasteiger charge is 2.19. The third-order valence-corrected chi connectivity index (χ3v) is 4.81. The van der Waals surface area contributed by atoms with Crippen molar-refractivity contribution in [3.63, 3.8) is 0 Å². The number of likely N-dealkylation sites (tertiary alicyclic amines) is 1. The fraction of sp³-hybridized carbons (Fsp3) is 0.562. The number of halogens is 1. The Balaban J connectivity index is 1.66. The molecule has 1 heterocycles. The molecule has 0 saturated carbocycles. The molecule has 1 atom stereocenters. The third-order valence-electron chi connectivity index (χ3n) is 3.95. The first-order valence-corrected chi connectivity index (χ1v) is 8.31. The largest absolute Gasteiger partial charge is 0.392 e. The molecule has 0 aromatic heterocycles. The molecule has 1 aromatic rings. The Morgan fingerprint density at radius 2 is 2.29 bits per heavy atom. The van der Waals surface area contributed by atoms with E-state index < -0.39 is 0 Å². The predicted molar refractivity (Wildman–Crippen MR) is 87.5 cm³/mol. The summed E-state index contributed by atoms with van der Waals surface area (Å²) in [5.41, 5.74) is 1.70. The first-order valence-electron chi connectivity index (χ1n) is 7.51. The summed E-state index contributed by atoms with van der Waals surface area (Å²) in [5, 5.41) is 12.4. The SMILES string of the molecule is Cc1c(Br)cccc1C(=O)NCCCCN1CC[C@@H](O)C1. The van der Waals surface area contributed by atoms with Crippen molar-refractivity contribution in [3.05, 3.63) is 33.8 Å². The molecule has 1 saturated heterocycles. The summed E-state index contributed by atoms with van der Waals surface area (Å²) in [7, 11) is 0. The van der Waals surface area contributed by atoms with E-state index in [1.165, 1.54) is 0 Å². The van der Waals surface area contributed by atoms with Gasteiger partial charge in [-0.25, -0.2) is 0 Å². The second-order valence-corrected chi connectivity index (χ2v) is 6.47. The zero-order valence-electron chi connectivity index (χ0n) is 12.4. The lowest BCUT2D eigenvalue weighted by Gasteiger charge is -2.14. The lowest BCUT2D eigenvalue weighted by molar-refractivity contribution is 0.0952. The number of amides is 1. The molecule has 0 bridgehead atoms. The van der Waals surface area contributed by atoms with Crippen LogP contribution in [0.15, 0.2) is 22.7 Å². The van der Waals surface area contributed by atoms with E-state index in [1.807, 2.05) is 25.1 Å². The van der Waals surface area contributed by atoms with Crippen molar-refractivity contribution in [2.24, 2.45) is 0 Å². The first-order chi connectivity index (χ1) is 10.1. The van der Waals surface area contributed by atoms with E-state index in [-0.39, 0.29) is 12.0 Å². The number of aliphatic hydroxyl groups is 1. The van der Waals surface area contributed by atoms with E-state index >= 15 is 0 Å². The Hall–Kier alpha value is -0.910. The van der Waals surface area contributed by atoms with E-state index in [0.717, 1.165) is 54.5 Å². The molecule has 1 aromatic carbocycles. The molecule has 21 heavy (non-hydrogen) atoms. The van der Waals surface area contributed by atoms with Gasteiger partial charge in [0.2, 0.25) is 0 Å². The number of hydrogen-bond donors (Lipinski definition) is 2. The second kappa shape index (κ2) is 7.92. The molecular weight excluding hydrogens is 332 g/mol. The lowest BCUT2D eigenvalue weighted by atomic mass is 10.1. The van der Waals surface area contributed by atoms with Gasteiger partial charge in [0.15, 0.2) is 0 Å². The van der Waals surface area contributed by atoms with Gasteiger partial charge in [-0.05, 0) is 50.4 Å². The fourth-order valence-corrected chi connectivity index (χ4v) is 2.99. The number of β-amino-alcohol motifs (C(OH)–C–C–N with tert-alkyl or cyclic N) is 1. The minimum atomic E-state index is -0.149. The fourth-order valence-electron chi connectivity index (χ4n) is 2.63. The van der Waals surface area contributed by atoms with E-state index in [9.17, 15) is 9.90 Å². The quantitative estimate of drug-likeness (QED) is 0.771. The van der Waals surface area contributed by atoms with Crippen LogP contribution in [-0.4, -0.2) is 48.2 Å². The highest BCUT2D eigenvalue weighted by molar-refractivity contribution is 9.10. The van der Waals surface area contributed by atoms with Gasteiger partial charge in [-0.1, -0.05) is 22.0 Å². The van der Waals surface area contributed by atoms with Gasteiger partial charge in [0.05, 0.1) is 6.10 Å². The molecule has 116 valence electrons. The Morgan fingerprint density at radius 1 is 1.48 bits per heavy atom. The van der Waals surface area contributed by atoms with E-state index in [0.29, 0.717) is 6.54 Å². The molecule has 0 spiro atoms. The lowest BCUT2D eigenvalue weighted by Crippen LogP contribution is -2.27. The zero-order valence-corrected chi connectivity index (χ0v) is 14.0. The van der Waals surface area contributed by atoms with E-state index in [2.05, 4.69) is 26.1 Å². The summed E-state index contributed by atoms with van der Waals surface area (Å²) in [5.74, 6) is -0.00889. The summed E-state index contributed by atoms with van der Waals surface area (Å²) >= 11 is 3.44. The Morgan fingerprint density at radius 3 is 3.00 bits per heavy atom. The molecule has 0 unspecified atom stereocenters. The van der Waals surface area contributed by atoms with Crippen molar-refractivity contribution in [1.29, 1.82) is 0 Å². The van der Waals surface area contributed by atoms with E-state index in [4.69, 9.17) is 0 Å². The van der Waals surface area contributed by atoms with Crippen LogP contribution >= 0.6 is 15.9 Å². The molecule has 5 heteroatoms. The Bertz CT molecular complexity index is 493. The monoisotopic (exact) mass is 354 g/mol. The minimum Gasteiger partial charge on any atom is -0.392 e. The predicted octanol–water partition coefficient (Wildman–Crippen LogP) is 2.33. The third kappa shape index (κ3) is 4.80. The summed E-state index contributed by atoms with van der Waals surface area (Å²) in [6, 6.07) is 5.67. The first kappa shape index (κ1) is 16.5. The molecule has 0 radical (unpaired) electrons. The molecule has 1 aliphatic heterocycles. The van der Waals surface area contributed by atoms with Crippen LogP contribution in [0.25, 0.3) is 0 Å². The smallest absolute Gasteiger partial charge is 0.251 e. The number of carbonyl (C=O) groups excluding carboxylic acids is 1. The van der Waals surface area contributed by atoms with Gasteiger partial charge < -0.3 is 15.3 Å². The maximum Gasteiger partial charge on any atom is 0.251 e. The zero-order chi connectivity index (χ0) is 15.2. The van der Waals surface area contributed by atoms with Crippen molar-refractivity contribution in [2.45, 2.75) is 32.3 Å². The summed E-state index contributed by atoms with van der Waals surface area (Å²) in [4.78, 5) is 14.4. The second-order valence-electron chi connectivity index (χ2n) is 5.62. The summed E-state index contributed by atoms with van der Waals surface area (Å²) in [6.07, 6.45) is 2.75. The molecule has 0 aliphatic carbocycles. The maximum absolute atomic E-state index is 12.1. The van der Waals surface area contributed by atoms with Crippen molar-refractivity contribution < 1.29 is 9.90 Å². The van der Waals surface area contributed by atoms with Crippen molar-refractivity contribution in [1.82, 2.24) is 10.2 Å². The highest BCUT2D eigenvalue weighted by Crippen LogP contribution is 2.19. The van der Waals surface area contributed by atoms with Gasteiger partial charge in [0.1, 0.15) is 0 Å². The summed E-state index contributed by atoms with van der Waals surface area (Å²) in [6.45, 7) is 5.43. The van der Waals surface area contributed by atoms with Crippen LogP contribution in [-0.2, 0) is 0 Å². The van der Waals surface area contributed by atoms with Crippen molar-refractivity contribution >= 4 is 21.8 Å². The van der Waals surface area contributed by atoms with Crippen LogP contribution in [0.4, 0.5) is 0 Å². The van der Waals surface area contributed by atoms with Gasteiger partial charge in [-0.15, -0.1) is 0 Å². The number of aliphatic hydroxyl groups excluding tert-OH is 1. The van der Waals surface area contributed by atoms with Gasteiger partial charge >= 0.3 is 0 Å². The molecule has 1 fully saturated rings. The Labute approximate surface area is 134 Å². The number of benzene rings is 1. The number of hydrogen-bond acceptors (Lipinski definition) is 3. The number of unbranched alkanes of at least 4 members (excludes halogenated alkanes) is 1. The van der Waals surface area contributed by atoms with Gasteiger partial charge in [-0.3, -0.25) is 4.79 Å².